The van der Waals surface area contributed by atoms with Crippen molar-refractivity contribution in [3.8, 4) is 0 Å². The van der Waals surface area contributed by atoms with Gasteiger partial charge in [-0.25, -0.2) is 0 Å². The number of halogens is 1. The van der Waals surface area contributed by atoms with Crippen LogP contribution in [0.5, 0.6) is 0 Å². The molecule has 24 heavy (non-hydrogen) atoms. The van der Waals surface area contributed by atoms with E-state index in [0.29, 0.717) is 18.7 Å². The Labute approximate surface area is 150 Å². The third kappa shape index (κ3) is 4.48. The van der Waals surface area contributed by atoms with E-state index in [2.05, 4.69) is 0 Å². The predicted octanol–water partition coefficient (Wildman–Crippen LogP) is 2.29. The number of nitrogens with zero attached hydrogens (tertiary/aromatic N) is 1. The fourth-order valence-electron chi connectivity index (χ4n) is 3.06. The van der Waals surface area contributed by atoms with Crippen LogP contribution in [0.25, 0.3) is 0 Å². The number of primary amides is 1. The lowest BCUT2D eigenvalue weighted by atomic mass is 9.84. The standard InChI is InChI=1S/C18H27N3O2.ClH/c1-18(2,3)15(19)17(23)21-10-8-12(9-11-21)13-6-4-5-7-14(13)16(20)22;/h4-7,12,15H,8-11,19H2,1-3H3,(H2,20,22);1H/t15-;/m1./s1. The lowest BCUT2D eigenvalue weighted by molar-refractivity contribution is -0.136. The van der Waals surface area contributed by atoms with Gasteiger partial charge >= 0.3 is 0 Å². The van der Waals surface area contributed by atoms with Gasteiger partial charge in [-0.05, 0) is 35.8 Å². The Morgan fingerprint density at radius 1 is 1.17 bits per heavy atom. The van der Waals surface area contributed by atoms with Gasteiger partial charge < -0.3 is 16.4 Å². The molecule has 4 N–H and O–H groups in total. The SMILES string of the molecule is CC(C)(C)[C@H](N)C(=O)N1CCC(c2ccccc2C(N)=O)CC1.Cl. The number of rotatable bonds is 3. The molecule has 0 radical (unpaired) electrons. The number of carbonyl (C=O) groups is 2. The van der Waals surface area contributed by atoms with Gasteiger partial charge in [0, 0.05) is 18.7 Å². The summed E-state index contributed by atoms with van der Waals surface area (Å²) in [6.07, 6.45) is 1.65. The fraction of sp³-hybridized carbons (Fsp3) is 0.556. The van der Waals surface area contributed by atoms with Crippen LogP contribution in [0.4, 0.5) is 0 Å². The van der Waals surface area contributed by atoms with Crippen molar-refractivity contribution in [2.24, 2.45) is 16.9 Å². The second-order valence-corrected chi connectivity index (χ2v) is 7.39. The summed E-state index contributed by atoms with van der Waals surface area (Å²) in [5.74, 6) is -0.124. The molecule has 0 aliphatic carbocycles. The Morgan fingerprint density at radius 3 is 2.21 bits per heavy atom. The highest BCUT2D eigenvalue weighted by molar-refractivity contribution is 5.94. The minimum absolute atomic E-state index is 0. The van der Waals surface area contributed by atoms with Gasteiger partial charge in [0.15, 0.2) is 0 Å². The number of hydrogen-bond acceptors (Lipinski definition) is 3. The number of hydrogen-bond donors (Lipinski definition) is 2. The molecule has 1 aliphatic heterocycles. The Balaban J connectivity index is 0.00000288. The molecule has 1 heterocycles. The first kappa shape index (κ1) is 20.5. The van der Waals surface area contributed by atoms with Gasteiger partial charge in [0.05, 0.1) is 6.04 Å². The molecule has 1 aromatic carbocycles. The van der Waals surface area contributed by atoms with E-state index in [-0.39, 0.29) is 29.6 Å². The molecule has 5 nitrogen and oxygen atoms in total. The van der Waals surface area contributed by atoms with Crippen molar-refractivity contribution >= 4 is 24.2 Å². The van der Waals surface area contributed by atoms with E-state index in [1.54, 1.807) is 6.07 Å². The van der Waals surface area contributed by atoms with Gasteiger partial charge in [-0.1, -0.05) is 39.0 Å². The molecule has 2 amide bonds. The van der Waals surface area contributed by atoms with Crippen molar-refractivity contribution in [2.75, 3.05) is 13.1 Å². The second-order valence-electron chi connectivity index (χ2n) is 7.39. The molecule has 1 aromatic rings. The highest BCUT2D eigenvalue weighted by atomic mass is 35.5. The van der Waals surface area contributed by atoms with Gasteiger partial charge in [-0.3, -0.25) is 9.59 Å². The molecule has 1 saturated heterocycles. The quantitative estimate of drug-likeness (QED) is 0.873. The average Bonchev–Trinajstić information content (AvgIpc) is 2.52. The highest BCUT2D eigenvalue weighted by Crippen LogP contribution is 2.31. The predicted molar refractivity (Wildman–Crippen MR) is 98.2 cm³/mol. The molecule has 1 fully saturated rings. The molecular formula is C18H28ClN3O2. The maximum atomic E-state index is 12.5. The number of carbonyl (C=O) groups excluding carboxylic acids is 2. The van der Waals surface area contributed by atoms with Gasteiger partial charge in [0.25, 0.3) is 0 Å². The number of nitrogens with two attached hydrogens (primary N) is 2. The largest absolute Gasteiger partial charge is 0.366 e. The highest BCUT2D eigenvalue weighted by Gasteiger charge is 2.33. The maximum absolute atomic E-state index is 12.5. The molecule has 6 heteroatoms. The number of piperidine rings is 1. The fourth-order valence-corrected chi connectivity index (χ4v) is 3.06. The Morgan fingerprint density at radius 2 is 1.71 bits per heavy atom. The first-order valence-electron chi connectivity index (χ1n) is 8.15. The van der Waals surface area contributed by atoms with E-state index in [1.807, 2.05) is 43.9 Å². The zero-order valence-electron chi connectivity index (χ0n) is 14.6. The summed E-state index contributed by atoms with van der Waals surface area (Å²) < 4.78 is 0. The number of amides is 2. The molecule has 134 valence electrons. The zero-order valence-corrected chi connectivity index (χ0v) is 15.4. The molecule has 2 rings (SSSR count). The Bertz CT molecular complexity index is 590. The normalized spacial score (nSPS) is 17.1. The van der Waals surface area contributed by atoms with Gasteiger partial charge in [0.2, 0.25) is 11.8 Å². The van der Waals surface area contributed by atoms with Crippen LogP contribution in [0, 0.1) is 5.41 Å². The lowest BCUT2D eigenvalue weighted by Gasteiger charge is -2.37. The molecule has 1 aliphatic rings. The van der Waals surface area contributed by atoms with Crippen LogP contribution in [0.2, 0.25) is 0 Å². The smallest absolute Gasteiger partial charge is 0.248 e. The van der Waals surface area contributed by atoms with E-state index in [4.69, 9.17) is 11.5 Å². The summed E-state index contributed by atoms with van der Waals surface area (Å²) >= 11 is 0. The minimum Gasteiger partial charge on any atom is -0.366 e. The summed E-state index contributed by atoms with van der Waals surface area (Å²) in [5.41, 5.74) is 12.9. The van der Waals surface area contributed by atoms with E-state index >= 15 is 0 Å². The summed E-state index contributed by atoms with van der Waals surface area (Å²) in [5, 5.41) is 0. The third-order valence-electron chi connectivity index (χ3n) is 4.67. The van der Waals surface area contributed by atoms with Crippen molar-refractivity contribution in [1.82, 2.24) is 4.90 Å². The summed E-state index contributed by atoms with van der Waals surface area (Å²) in [4.78, 5) is 25.9. The minimum atomic E-state index is -0.489. The first-order chi connectivity index (χ1) is 10.7. The van der Waals surface area contributed by atoms with Crippen LogP contribution >= 0.6 is 12.4 Å². The van der Waals surface area contributed by atoms with Crippen molar-refractivity contribution in [3.05, 3.63) is 35.4 Å². The van der Waals surface area contributed by atoms with Crippen molar-refractivity contribution in [2.45, 2.75) is 45.6 Å². The average molecular weight is 354 g/mol. The number of benzene rings is 1. The monoisotopic (exact) mass is 353 g/mol. The molecule has 0 spiro atoms. The Hall–Kier alpha value is -1.59. The number of likely N-dealkylation sites (tertiary alicyclic amines) is 1. The van der Waals surface area contributed by atoms with Gasteiger partial charge in [-0.15, -0.1) is 12.4 Å². The van der Waals surface area contributed by atoms with E-state index in [1.165, 1.54) is 0 Å². The van der Waals surface area contributed by atoms with Crippen molar-refractivity contribution in [3.63, 3.8) is 0 Å². The van der Waals surface area contributed by atoms with E-state index in [9.17, 15) is 9.59 Å². The zero-order chi connectivity index (χ0) is 17.2. The third-order valence-corrected chi connectivity index (χ3v) is 4.67. The second kappa shape index (κ2) is 7.99. The van der Waals surface area contributed by atoms with Crippen LogP contribution < -0.4 is 11.5 Å². The summed E-state index contributed by atoms with van der Waals surface area (Å²) in [7, 11) is 0. The van der Waals surface area contributed by atoms with Crippen LogP contribution in [-0.4, -0.2) is 35.8 Å². The molecule has 0 saturated carbocycles. The topological polar surface area (TPSA) is 89.4 Å². The first-order valence-corrected chi connectivity index (χ1v) is 8.15. The van der Waals surface area contributed by atoms with Gasteiger partial charge in [0.1, 0.15) is 0 Å². The van der Waals surface area contributed by atoms with Crippen LogP contribution in [0.1, 0.15) is 55.5 Å². The Kier molecular flexibility index (Phi) is 6.81. The molecule has 0 aromatic heterocycles. The molecule has 0 unspecified atom stereocenters. The van der Waals surface area contributed by atoms with Crippen LogP contribution in [-0.2, 0) is 4.79 Å². The molecule has 1 atom stereocenters. The van der Waals surface area contributed by atoms with Crippen molar-refractivity contribution < 1.29 is 9.59 Å². The summed E-state index contributed by atoms with van der Waals surface area (Å²) in [6, 6.07) is 6.99. The van der Waals surface area contributed by atoms with E-state index < -0.39 is 11.9 Å². The van der Waals surface area contributed by atoms with Crippen LogP contribution in [0.15, 0.2) is 24.3 Å². The van der Waals surface area contributed by atoms with Crippen molar-refractivity contribution in [1.29, 1.82) is 0 Å². The van der Waals surface area contributed by atoms with Crippen LogP contribution in [0.3, 0.4) is 0 Å². The summed E-state index contributed by atoms with van der Waals surface area (Å²) in [6.45, 7) is 7.27. The van der Waals surface area contributed by atoms with Gasteiger partial charge in [-0.2, -0.15) is 0 Å². The van der Waals surface area contributed by atoms with E-state index in [0.717, 1.165) is 18.4 Å². The molecular weight excluding hydrogens is 326 g/mol. The maximum Gasteiger partial charge on any atom is 0.248 e. The molecule has 0 bridgehead atoms. The lowest BCUT2D eigenvalue weighted by Crippen LogP contribution is -2.52.